The lowest BCUT2D eigenvalue weighted by Crippen LogP contribution is -2.41. The van der Waals surface area contributed by atoms with Crippen LogP contribution in [-0.2, 0) is 14.0 Å². The second-order valence-corrected chi connectivity index (χ2v) is 7.62. The van der Waals surface area contributed by atoms with Crippen molar-refractivity contribution in [3.63, 3.8) is 0 Å². The molecule has 0 bridgehead atoms. The molecule has 1 fully saturated rings. The molecule has 0 aromatic rings. The van der Waals surface area contributed by atoms with E-state index in [1.165, 1.54) is 0 Å². The Hall–Kier alpha value is -1.01. The topological polar surface area (TPSA) is 56.8 Å². The van der Waals surface area contributed by atoms with E-state index < -0.39 is 5.60 Å². The number of hydrogen-bond acceptors (Lipinski definition) is 4. The largest absolute Gasteiger partial charge is 0.486 e. The maximum Gasteiger partial charge on any atom is 0.486 e. The number of carbonyl (C=O) groups excluding carboxylic acids is 1. The maximum absolute atomic E-state index is 11.5. The van der Waals surface area contributed by atoms with Crippen molar-refractivity contribution in [2.24, 2.45) is 0 Å². The fourth-order valence-electron chi connectivity index (χ4n) is 1.90. The van der Waals surface area contributed by atoms with Gasteiger partial charge in [-0.15, -0.1) is 0 Å². The summed E-state index contributed by atoms with van der Waals surface area (Å²) < 4.78 is 16.9. The third-order valence-electron chi connectivity index (χ3n) is 3.78. The minimum absolute atomic E-state index is 0.302. The minimum atomic E-state index is -0.458. The predicted octanol–water partition coefficient (Wildman–Crippen LogP) is 3.48. The van der Waals surface area contributed by atoms with Crippen molar-refractivity contribution in [1.29, 1.82) is 0 Å². The Balaban J connectivity index is 2.20. The standard InChI is InChI=1S/C16H30BNO4/c1-14(2,3)20-13(19)18-12-10-8-9-11-17-21-15(4,5)16(6,7)22-17/h9,11H,8,10,12H2,1-7H3,(H,18,19)/b11-9+. The van der Waals surface area contributed by atoms with Gasteiger partial charge in [0.25, 0.3) is 0 Å². The van der Waals surface area contributed by atoms with Crippen molar-refractivity contribution >= 4 is 13.2 Å². The van der Waals surface area contributed by atoms with Crippen LogP contribution in [0.5, 0.6) is 0 Å². The minimum Gasteiger partial charge on any atom is -0.444 e. The van der Waals surface area contributed by atoms with Gasteiger partial charge in [-0.25, -0.2) is 4.79 Å². The zero-order chi connectivity index (χ0) is 17.0. The zero-order valence-corrected chi connectivity index (χ0v) is 15.0. The molecule has 6 heteroatoms. The van der Waals surface area contributed by atoms with Gasteiger partial charge in [-0.3, -0.25) is 0 Å². The lowest BCUT2D eigenvalue weighted by molar-refractivity contribution is 0.00578. The van der Waals surface area contributed by atoms with Gasteiger partial charge < -0.3 is 19.4 Å². The third-order valence-corrected chi connectivity index (χ3v) is 3.78. The summed E-state index contributed by atoms with van der Waals surface area (Å²) in [5, 5.41) is 2.74. The van der Waals surface area contributed by atoms with Crippen LogP contribution in [0.1, 0.15) is 61.3 Å². The van der Waals surface area contributed by atoms with Gasteiger partial charge >= 0.3 is 13.2 Å². The average Bonchev–Trinajstić information content (AvgIpc) is 2.49. The number of allylic oxidation sites excluding steroid dienone is 1. The molecule has 1 aliphatic heterocycles. The summed E-state index contributed by atoms with van der Waals surface area (Å²) in [4.78, 5) is 11.5. The monoisotopic (exact) mass is 311 g/mol. The molecular formula is C16H30BNO4. The van der Waals surface area contributed by atoms with E-state index in [4.69, 9.17) is 14.0 Å². The average molecular weight is 311 g/mol. The molecule has 1 saturated heterocycles. The first-order chi connectivity index (χ1) is 9.93. The van der Waals surface area contributed by atoms with Crippen molar-refractivity contribution in [1.82, 2.24) is 5.32 Å². The summed E-state index contributed by atoms with van der Waals surface area (Å²) in [6.07, 6.45) is 3.34. The highest BCUT2D eigenvalue weighted by Crippen LogP contribution is 2.36. The number of ether oxygens (including phenoxy) is 1. The fourth-order valence-corrected chi connectivity index (χ4v) is 1.90. The Morgan fingerprint density at radius 1 is 1.18 bits per heavy atom. The molecule has 1 aliphatic rings. The Morgan fingerprint density at radius 2 is 1.73 bits per heavy atom. The summed E-state index contributed by atoms with van der Waals surface area (Å²) >= 11 is 0. The normalized spacial score (nSPS) is 20.4. The van der Waals surface area contributed by atoms with Crippen LogP contribution in [0.15, 0.2) is 12.1 Å². The van der Waals surface area contributed by atoms with Crippen molar-refractivity contribution in [3.8, 4) is 0 Å². The number of alkyl carbamates (subject to hydrolysis) is 1. The van der Waals surface area contributed by atoms with Crippen LogP contribution in [0.3, 0.4) is 0 Å². The summed E-state index contributed by atoms with van der Waals surface area (Å²) in [6.45, 7) is 14.3. The molecule has 0 atom stereocenters. The predicted molar refractivity (Wildman–Crippen MR) is 88.7 cm³/mol. The van der Waals surface area contributed by atoms with E-state index in [1.54, 1.807) is 0 Å². The van der Waals surface area contributed by atoms with Crippen LogP contribution in [0, 0.1) is 0 Å². The molecule has 0 unspecified atom stereocenters. The van der Waals surface area contributed by atoms with E-state index in [0.717, 1.165) is 12.8 Å². The quantitative estimate of drug-likeness (QED) is 0.624. The zero-order valence-electron chi connectivity index (χ0n) is 15.0. The summed E-state index contributed by atoms with van der Waals surface area (Å²) in [5.41, 5.74) is -1.07. The lowest BCUT2D eigenvalue weighted by atomic mass is 9.89. The van der Waals surface area contributed by atoms with E-state index in [-0.39, 0.29) is 24.4 Å². The van der Waals surface area contributed by atoms with Gasteiger partial charge in [-0.05, 0) is 61.3 Å². The fraction of sp³-hybridized carbons (Fsp3) is 0.812. The molecule has 0 spiro atoms. The van der Waals surface area contributed by atoms with Crippen molar-refractivity contribution in [2.45, 2.75) is 78.1 Å². The van der Waals surface area contributed by atoms with E-state index in [2.05, 4.69) is 5.32 Å². The van der Waals surface area contributed by atoms with Gasteiger partial charge in [0, 0.05) is 6.54 Å². The van der Waals surface area contributed by atoms with Crippen molar-refractivity contribution < 1.29 is 18.8 Å². The maximum atomic E-state index is 11.5. The van der Waals surface area contributed by atoms with Crippen molar-refractivity contribution in [2.75, 3.05) is 6.54 Å². The molecule has 1 heterocycles. The first-order valence-electron chi connectivity index (χ1n) is 7.92. The number of nitrogens with one attached hydrogen (secondary N) is 1. The number of rotatable bonds is 5. The van der Waals surface area contributed by atoms with Crippen LogP contribution in [0.4, 0.5) is 4.79 Å². The molecule has 0 radical (unpaired) electrons. The molecular weight excluding hydrogens is 281 g/mol. The molecule has 0 aromatic heterocycles. The molecule has 1 rings (SSSR count). The molecule has 0 saturated carbocycles. The van der Waals surface area contributed by atoms with Crippen LogP contribution in [-0.4, -0.2) is 36.6 Å². The Labute approximate surface area is 134 Å². The number of unbranched alkanes of at least 4 members (excludes halogenated alkanes) is 1. The van der Waals surface area contributed by atoms with Gasteiger partial charge in [0.2, 0.25) is 0 Å². The van der Waals surface area contributed by atoms with Gasteiger partial charge in [0.15, 0.2) is 0 Å². The van der Waals surface area contributed by atoms with Crippen molar-refractivity contribution in [3.05, 3.63) is 12.1 Å². The first-order valence-corrected chi connectivity index (χ1v) is 7.92. The number of carbonyl (C=O) groups is 1. The van der Waals surface area contributed by atoms with Gasteiger partial charge in [0.05, 0.1) is 11.2 Å². The molecule has 126 valence electrons. The van der Waals surface area contributed by atoms with Gasteiger partial charge in [-0.1, -0.05) is 12.1 Å². The second-order valence-electron chi connectivity index (χ2n) is 7.62. The molecule has 1 N–H and O–H groups in total. The highest BCUT2D eigenvalue weighted by Gasteiger charge is 2.49. The second kappa shape index (κ2) is 7.05. The van der Waals surface area contributed by atoms with Gasteiger partial charge in [0.1, 0.15) is 5.60 Å². The molecule has 5 nitrogen and oxygen atoms in total. The first kappa shape index (κ1) is 19.0. The Bertz CT molecular complexity index is 397. The Morgan fingerprint density at radius 3 is 2.23 bits per heavy atom. The molecule has 1 amide bonds. The number of hydrogen-bond donors (Lipinski definition) is 1. The smallest absolute Gasteiger partial charge is 0.444 e. The highest BCUT2D eigenvalue weighted by molar-refractivity contribution is 6.51. The van der Waals surface area contributed by atoms with Crippen LogP contribution in [0.25, 0.3) is 0 Å². The third kappa shape index (κ3) is 6.01. The van der Waals surface area contributed by atoms with Crippen LogP contribution >= 0.6 is 0 Å². The summed E-state index contributed by atoms with van der Waals surface area (Å²) in [7, 11) is -0.302. The van der Waals surface area contributed by atoms with E-state index >= 15 is 0 Å². The van der Waals surface area contributed by atoms with Crippen LogP contribution in [0.2, 0.25) is 0 Å². The summed E-state index contributed by atoms with van der Waals surface area (Å²) in [5.74, 6) is 1.93. The van der Waals surface area contributed by atoms with E-state index in [0.29, 0.717) is 6.54 Å². The highest BCUT2D eigenvalue weighted by atomic mass is 16.7. The van der Waals surface area contributed by atoms with E-state index in [1.807, 2.05) is 60.5 Å². The lowest BCUT2D eigenvalue weighted by Gasteiger charge is -2.32. The molecule has 0 aliphatic carbocycles. The van der Waals surface area contributed by atoms with Gasteiger partial charge in [-0.2, -0.15) is 0 Å². The van der Waals surface area contributed by atoms with Crippen LogP contribution < -0.4 is 5.32 Å². The summed E-state index contributed by atoms with van der Waals surface area (Å²) in [6, 6.07) is 0. The molecule has 22 heavy (non-hydrogen) atoms. The Kier molecular flexibility index (Phi) is 6.10. The number of amides is 1. The van der Waals surface area contributed by atoms with E-state index in [9.17, 15) is 4.79 Å². The SMILES string of the molecule is CC(C)(C)OC(=O)NCCC/C=C/B1OC(C)(C)C(C)(C)O1. The molecule has 0 aromatic carbocycles.